The lowest BCUT2D eigenvalue weighted by Crippen LogP contribution is -2.38. The second kappa shape index (κ2) is 6.12. The van der Waals surface area contributed by atoms with Gasteiger partial charge < -0.3 is 15.3 Å². The molecule has 0 atom stereocenters. The first-order valence-corrected chi connectivity index (χ1v) is 6.01. The van der Waals surface area contributed by atoms with Crippen molar-refractivity contribution >= 4 is 33.6 Å². The largest absolute Gasteiger partial charge is 0.478 e. The number of nitrogens with zero attached hydrogens (tertiary/aromatic N) is 1. The summed E-state index contributed by atoms with van der Waals surface area (Å²) >= 11 is 3.08. The minimum absolute atomic E-state index is 0.0918. The zero-order chi connectivity index (χ0) is 15.5. The third-order valence-corrected chi connectivity index (χ3v) is 2.71. The Labute approximate surface area is 120 Å². The van der Waals surface area contributed by atoms with Crippen molar-refractivity contribution in [1.29, 1.82) is 0 Å². The molecule has 0 aliphatic carbocycles. The van der Waals surface area contributed by atoms with E-state index >= 15 is 0 Å². The van der Waals surface area contributed by atoms with Crippen LogP contribution < -0.4 is 5.32 Å². The van der Waals surface area contributed by atoms with Crippen molar-refractivity contribution < 1.29 is 27.9 Å². The lowest BCUT2D eigenvalue weighted by molar-refractivity contribution is -0.137. The molecule has 0 saturated carbocycles. The van der Waals surface area contributed by atoms with Gasteiger partial charge in [-0.25, -0.2) is 9.59 Å². The Morgan fingerprint density at radius 1 is 1.40 bits per heavy atom. The number of aromatic carboxylic acids is 1. The van der Waals surface area contributed by atoms with Crippen LogP contribution in [0.4, 0.5) is 23.7 Å². The van der Waals surface area contributed by atoms with Crippen LogP contribution in [0.5, 0.6) is 0 Å². The summed E-state index contributed by atoms with van der Waals surface area (Å²) in [6.07, 6.45) is -4.53. The van der Waals surface area contributed by atoms with Crippen LogP contribution in [0.2, 0.25) is 0 Å². The second-order valence-electron chi connectivity index (χ2n) is 3.90. The fraction of sp³-hybridized carbons (Fsp3) is 0.273. The predicted molar refractivity (Wildman–Crippen MR) is 68.8 cm³/mol. The van der Waals surface area contributed by atoms with Crippen molar-refractivity contribution in [2.75, 3.05) is 18.9 Å². The van der Waals surface area contributed by atoms with Gasteiger partial charge in [0.1, 0.15) is 6.54 Å². The molecule has 0 unspecified atom stereocenters. The van der Waals surface area contributed by atoms with Crippen molar-refractivity contribution in [2.45, 2.75) is 6.18 Å². The Morgan fingerprint density at radius 3 is 2.50 bits per heavy atom. The molecule has 2 N–H and O–H groups in total. The number of benzene rings is 1. The highest BCUT2D eigenvalue weighted by Crippen LogP contribution is 2.22. The van der Waals surface area contributed by atoms with Gasteiger partial charge in [-0.05, 0) is 18.2 Å². The van der Waals surface area contributed by atoms with Gasteiger partial charge in [-0.3, -0.25) is 0 Å². The maximum atomic E-state index is 12.2. The number of amides is 2. The molecule has 0 aliphatic heterocycles. The number of carbonyl (C=O) groups is 2. The zero-order valence-electron chi connectivity index (χ0n) is 10.2. The number of carboxylic acid groups (broad SMARTS) is 1. The molecule has 0 spiro atoms. The Balaban J connectivity index is 2.90. The number of hydrogen-bond donors (Lipinski definition) is 2. The van der Waals surface area contributed by atoms with E-state index in [0.29, 0.717) is 9.37 Å². The minimum atomic E-state index is -4.53. The lowest BCUT2D eigenvalue weighted by Gasteiger charge is -2.20. The summed E-state index contributed by atoms with van der Waals surface area (Å²) in [5.74, 6) is -1.30. The molecule has 20 heavy (non-hydrogen) atoms. The number of rotatable bonds is 3. The number of carboxylic acids is 1. The molecule has 0 saturated heterocycles. The number of urea groups is 1. The standard InChI is InChI=1S/C11H10BrF3N2O3/c1-17(5-11(13,14)15)10(20)16-8-4-6(12)2-3-7(8)9(18)19/h2-4H,5H2,1H3,(H,16,20)(H,18,19). The highest BCUT2D eigenvalue weighted by Gasteiger charge is 2.31. The predicted octanol–water partition coefficient (Wildman–Crippen LogP) is 3.17. The van der Waals surface area contributed by atoms with E-state index in [0.717, 1.165) is 7.05 Å². The fourth-order valence-corrected chi connectivity index (χ4v) is 1.72. The summed E-state index contributed by atoms with van der Waals surface area (Å²) in [7, 11) is 0.960. The first kappa shape index (κ1) is 16.3. The van der Waals surface area contributed by atoms with E-state index in [-0.39, 0.29) is 11.3 Å². The molecule has 1 aromatic rings. The number of hydrogen-bond acceptors (Lipinski definition) is 2. The second-order valence-corrected chi connectivity index (χ2v) is 4.81. The van der Waals surface area contributed by atoms with Crippen LogP contribution in [0.3, 0.4) is 0 Å². The van der Waals surface area contributed by atoms with E-state index in [1.165, 1.54) is 18.2 Å². The van der Waals surface area contributed by atoms with Crippen LogP contribution in [-0.4, -0.2) is 41.8 Å². The van der Waals surface area contributed by atoms with Gasteiger partial charge in [0, 0.05) is 11.5 Å². The summed E-state index contributed by atoms with van der Waals surface area (Å²) in [6, 6.07) is 2.91. The van der Waals surface area contributed by atoms with Crippen LogP contribution in [0.25, 0.3) is 0 Å². The monoisotopic (exact) mass is 354 g/mol. The lowest BCUT2D eigenvalue weighted by atomic mass is 10.2. The van der Waals surface area contributed by atoms with E-state index in [4.69, 9.17) is 5.11 Å². The van der Waals surface area contributed by atoms with Crippen LogP contribution in [0.1, 0.15) is 10.4 Å². The van der Waals surface area contributed by atoms with Crippen molar-refractivity contribution in [3.05, 3.63) is 28.2 Å². The van der Waals surface area contributed by atoms with Crippen molar-refractivity contribution in [1.82, 2.24) is 4.90 Å². The third-order valence-electron chi connectivity index (χ3n) is 2.22. The highest BCUT2D eigenvalue weighted by atomic mass is 79.9. The van der Waals surface area contributed by atoms with E-state index in [2.05, 4.69) is 21.2 Å². The molecular formula is C11H10BrF3N2O3. The molecule has 0 bridgehead atoms. The van der Waals surface area contributed by atoms with Gasteiger partial charge >= 0.3 is 18.2 Å². The molecule has 0 aromatic heterocycles. The molecule has 0 fully saturated rings. The van der Waals surface area contributed by atoms with Crippen LogP contribution in [0, 0.1) is 0 Å². The van der Waals surface area contributed by atoms with Gasteiger partial charge in [0.25, 0.3) is 0 Å². The Bertz CT molecular complexity index is 534. The molecule has 0 aliphatic rings. The van der Waals surface area contributed by atoms with Crippen LogP contribution in [0.15, 0.2) is 22.7 Å². The highest BCUT2D eigenvalue weighted by molar-refractivity contribution is 9.10. The topological polar surface area (TPSA) is 69.6 Å². The first-order valence-electron chi connectivity index (χ1n) is 5.22. The Morgan fingerprint density at radius 2 is 2.00 bits per heavy atom. The summed E-state index contributed by atoms with van der Waals surface area (Å²) in [5.41, 5.74) is -0.312. The average Bonchev–Trinajstić information content (AvgIpc) is 2.26. The maximum absolute atomic E-state index is 12.2. The van der Waals surface area contributed by atoms with Gasteiger partial charge in [0.15, 0.2) is 0 Å². The summed E-state index contributed by atoms with van der Waals surface area (Å²) in [4.78, 5) is 22.9. The van der Waals surface area contributed by atoms with Gasteiger partial charge in [0.2, 0.25) is 0 Å². The van der Waals surface area contributed by atoms with Crippen LogP contribution in [-0.2, 0) is 0 Å². The first-order chi connectivity index (χ1) is 9.10. The summed E-state index contributed by atoms with van der Waals surface area (Å²) < 4.78 is 36.9. The molecule has 9 heteroatoms. The quantitative estimate of drug-likeness (QED) is 0.875. The number of nitrogens with one attached hydrogen (secondary N) is 1. The number of alkyl halides is 3. The zero-order valence-corrected chi connectivity index (χ0v) is 11.7. The van der Waals surface area contributed by atoms with E-state index in [9.17, 15) is 22.8 Å². The minimum Gasteiger partial charge on any atom is -0.478 e. The van der Waals surface area contributed by atoms with Gasteiger partial charge in [0.05, 0.1) is 11.3 Å². The Hall–Kier alpha value is -1.77. The smallest absolute Gasteiger partial charge is 0.406 e. The average molecular weight is 355 g/mol. The molecule has 5 nitrogen and oxygen atoms in total. The maximum Gasteiger partial charge on any atom is 0.406 e. The molecule has 1 aromatic carbocycles. The van der Waals surface area contributed by atoms with Crippen LogP contribution >= 0.6 is 15.9 Å². The SMILES string of the molecule is CN(CC(F)(F)F)C(=O)Nc1cc(Br)ccc1C(=O)O. The van der Waals surface area contributed by atoms with Crippen molar-refractivity contribution in [3.8, 4) is 0 Å². The molecular weight excluding hydrogens is 345 g/mol. The van der Waals surface area contributed by atoms with Gasteiger partial charge in [-0.15, -0.1) is 0 Å². The third kappa shape index (κ3) is 4.72. The molecule has 2 amide bonds. The molecule has 0 radical (unpaired) electrons. The van der Waals surface area contributed by atoms with E-state index in [1.54, 1.807) is 0 Å². The fourth-order valence-electron chi connectivity index (χ4n) is 1.36. The van der Waals surface area contributed by atoms with E-state index in [1.807, 2.05) is 0 Å². The molecule has 110 valence electrons. The molecule has 1 rings (SSSR count). The van der Waals surface area contributed by atoms with Crippen molar-refractivity contribution in [2.24, 2.45) is 0 Å². The van der Waals surface area contributed by atoms with Gasteiger partial charge in [-0.1, -0.05) is 15.9 Å². The van der Waals surface area contributed by atoms with Gasteiger partial charge in [-0.2, -0.15) is 13.2 Å². The van der Waals surface area contributed by atoms with E-state index < -0.39 is 24.7 Å². The Kier molecular flexibility index (Phi) is 4.98. The number of anilines is 1. The number of carbonyl (C=O) groups excluding carboxylic acids is 1. The summed E-state index contributed by atoms with van der Waals surface area (Å²) in [5, 5.41) is 11.1. The number of halogens is 4. The normalized spacial score (nSPS) is 11.1. The summed E-state index contributed by atoms with van der Waals surface area (Å²) in [6.45, 7) is -1.44. The van der Waals surface area contributed by atoms with Crippen molar-refractivity contribution in [3.63, 3.8) is 0 Å². The molecule has 0 heterocycles.